The average Bonchev–Trinajstić information content (AvgIpc) is 2.54. The van der Waals surface area contributed by atoms with Crippen molar-refractivity contribution < 1.29 is 19.5 Å². The van der Waals surface area contributed by atoms with E-state index in [-0.39, 0.29) is 24.3 Å². The summed E-state index contributed by atoms with van der Waals surface area (Å²) >= 11 is 0. The fourth-order valence-electron chi connectivity index (χ4n) is 3.21. The van der Waals surface area contributed by atoms with Crippen LogP contribution in [0.4, 0.5) is 5.69 Å². The Hall–Kier alpha value is -2.37. The van der Waals surface area contributed by atoms with Gasteiger partial charge < -0.3 is 15.3 Å². The molecule has 0 bridgehead atoms. The Kier molecular flexibility index (Phi) is 5.95. The number of nitrogens with one attached hydrogen (secondary N) is 1. The number of anilines is 1. The summed E-state index contributed by atoms with van der Waals surface area (Å²) in [5.41, 5.74) is 1.93. The van der Waals surface area contributed by atoms with Crippen molar-refractivity contribution in [3.05, 3.63) is 29.3 Å². The van der Waals surface area contributed by atoms with Crippen LogP contribution in [-0.4, -0.2) is 40.4 Å². The second-order valence-corrected chi connectivity index (χ2v) is 6.24. The van der Waals surface area contributed by atoms with Crippen molar-refractivity contribution in [2.24, 2.45) is 0 Å². The van der Waals surface area contributed by atoms with Crippen LogP contribution in [0.2, 0.25) is 0 Å². The Morgan fingerprint density at radius 3 is 2.71 bits per heavy atom. The van der Waals surface area contributed by atoms with Gasteiger partial charge in [0, 0.05) is 37.2 Å². The van der Waals surface area contributed by atoms with E-state index >= 15 is 0 Å². The molecule has 130 valence electrons. The second-order valence-electron chi connectivity index (χ2n) is 6.24. The molecule has 1 heterocycles. The van der Waals surface area contributed by atoms with Crippen molar-refractivity contribution in [2.75, 3.05) is 11.9 Å². The summed E-state index contributed by atoms with van der Waals surface area (Å²) in [6, 6.07) is 5.24. The quantitative estimate of drug-likeness (QED) is 0.868. The molecule has 1 atom stereocenters. The number of piperidine rings is 1. The molecular weight excluding hydrogens is 308 g/mol. The van der Waals surface area contributed by atoms with Crippen LogP contribution in [0.1, 0.15) is 54.9 Å². The number of aliphatic carboxylic acids is 1. The van der Waals surface area contributed by atoms with Gasteiger partial charge in [-0.25, -0.2) is 0 Å². The maximum absolute atomic E-state index is 13.0. The molecule has 2 N–H and O–H groups in total. The lowest BCUT2D eigenvalue weighted by Crippen LogP contribution is -2.44. The molecule has 0 aliphatic carbocycles. The standard InChI is InChI=1S/C18H24N2O4/c1-12-15(7-5-8-16(12)19-13(2)21)18(24)20-11-4-3-6-14(20)9-10-17(22)23/h5,7-8,14H,3-4,6,9-11H2,1-2H3,(H,19,21)(H,22,23). The molecule has 24 heavy (non-hydrogen) atoms. The number of rotatable bonds is 5. The Balaban J connectivity index is 2.22. The van der Waals surface area contributed by atoms with Crippen molar-refractivity contribution in [1.82, 2.24) is 4.90 Å². The molecule has 2 amide bonds. The van der Waals surface area contributed by atoms with Gasteiger partial charge in [-0.1, -0.05) is 6.07 Å². The molecule has 6 nitrogen and oxygen atoms in total. The number of carboxylic acids is 1. The normalized spacial score (nSPS) is 17.4. The maximum Gasteiger partial charge on any atom is 0.303 e. The van der Waals surface area contributed by atoms with E-state index in [4.69, 9.17) is 5.11 Å². The molecule has 1 saturated heterocycles. The molecule has 1 fully saturated rings. The zero-order chi connectivity index (χ0) is 17.7. The van der Waals surface area contributed by atoms with Crippen LogP contribution >= 0.6 is 0 Å². The molecule has 6 heteroatoms. The molecule has 0 aromatic heterocycles. The molecular formula is C18H24N2O4. The minimum Gasteiger partial charge on any atom is -0.481 e. The third-order valence-electron chi connectivity index (χ3n) is 4.45. The first kappa shape index (κ1) is 18.0. The number of carboxylic acid groups (broad SMARTS) is 1. The Morgan fingerprint density at radius 1 is 1.29 bits per heavy atom. The van der Waals surface area contributed by atoms with Crippen molar-refractivity contribution in [3.8, 4) is 0 Å². The Morgan fingerprint density at radius 2 is 2.04 bits per heavy atom. The minimum absolute atomic E-state index is 0.0360. The highest BCUT2D eigenvalue weighted by Crippen LogP contribution is 2.26. The highest BCUT2D eigenvalue weighted by Gasteiger charge is 2.28. The van der Waals surface area contributed by atoms with Gasteiger partial charge in [0.25, 0.3) is 5.91 Å². The van der Waals surface area contributed by atoms with Crippen LogP contribution in [0.15, 0.2) is 18.2 Å². The van der Waals surface area contributed by atoms with E-state index < -0.39 is 5.97 Å². The van der Waals surface area contributed by atoms with Gasteiger partial charge in [0.1, 0.15) is 0 Å². The first-order chi connectivity index (χ1) is 11.4. The molecule has 0 saturated carbocycles. The summed E-state index contributed by atoms with van der Waals surface area (Å²) < 4.78 is 0. The number of benzene rings is 1. The highest BCUT2D eigenvalue weighted by atomic mass is 16.4. The zero-order valence-electron chi connectivity index (χ0n) is 14.2. The van der Waals surface area contributed by atoms with Crippen LogP contribution < -0.4 is 5.32 Å². The number of likely N-dealkylation sites (tertiary alicyclic amines) is 1. The van der Waals surface area contributed by atoms with E-state index in [9.17, 15) is 14.4 Å². The van der Waals surface area contributed by atoms with E-state index in [1.165, 1.54) is 6.92 Å². The molecule has 1 aromatic carbocycles. The molecule has 1 unspecified atom stereocenters. The third-order valence-corrected chi connectivity index (χ3v) is 4.45. The van der Waals surface area contributed by atoms with E-state index in [0.717, 1.165) is 24.8 Å². The van der Waals surface area contributed by atoms with Gasteiger partial charge in [-0.05, 0) is 50.3 Å². The van der Waals surface area contributed by atoms with E-state index in [1.807, 2.05) is 6.92 Å². The molecule has 1 aliphatic rings. The topological polar surface area (TPSA) is 86.7 Å². The lowest BCUT2D eigenvalue weighted by Gasteiger charge is -2.36. The smallest absolute Gasteiger partial charge is 0.303 e. The zero-order valence-corrected chi connectivity index (χ0v) is 14.2. The predicted molar refractivity (Wildman–Crippen MR) is 91.0 cm³/mol. The van der Waals surface area contributed by atoms with Crippen molar-refractivity contribution in [1.29, 1.82) is 0 Å². The number of carbonyl (C=O) groups is 3. The second kappa shape index (κ2) is 7.95. The van der Waals surface area contributed by atoms with Gasteiger partial charge in [0.2, 0.25) is 5.91 Å². The third kappa shape index (κ3) is 4.34. The fourth-order valence-corrected chi connectivity index (χ4v) is 3.21. The monoisotopic (exact) mass is 332 g/mol. The van der Waals surface area contributed by atoms with Crippen LogP contribution in [0.5, 0.6) is 0 Å². The summed E-state index contributed by atoms with van der Waals surface area (Å²) in [5, 5.41) is 11.6. The van der Waals surface area contributed by atoms with Crippen LogP contribution in [0.3, 0.4) is 0 Å². The number of carbonyl (C=O) groups excluding carboxylic acids is 2. The summed E-state index contributed by atoms with van der Waals surface area (Å²) in [4.78, 5) is 36.9. The van der Waals surface area contributed by atoms with Crippen LogP contribution in [0, 0.1) is 6.92 Å². The van der Waals surface area contributed by atoms with Crippen LogP contribution in [-0.2, 0) is 9.59 Å². The highest BCUT2D eigenvalue weighted by molar-refractivity contribution is 5.99. The van der Waals surface area contributed by atoms with Crippen LogP contribution in [0.25, 0.3) is 0 Å². The minimum atomic E-state index is -0.836. The van der Waals surface area contributed by atoms with Crippen molar-refractivity contribution >= 4 is 23.5 Å². The van der Waals surface area contributed by atoms with Gasteiger partial charge in [-0.2, -0.15) is 0 Å². The largest absolute Gasteiger partial charge is 0.481 e. The average molecular weight is 332 g/mol. The van der Waals surface area contributed by atoms with Gasteiger partial charge in [0.05, 0.1) is 0 Å². The summed E-state index contributed by atoms with van der Waals surface area (Å²) in [6.07, 6.45) is 3.33. The molecule has 0 radical (unpaired) electrons. The fraction of sp³-hybridized carbons (Fsp3) is 0.500. The predicted octanol–water partition coefficient (Wildman–Crippen LogP) is 2.81. The first-order valence-electron chi connectivity index (χ1n) is 8.30. The number of nitrogens with zero attached hydrogens (tertiary/aromatic N) is 1. The summed E-state index contributed by atoms with van der Waals surface area (Å²) in [6.45, 7) is 3.89. The number of hydrogen-bond donors (Lipinski definition) is 2. The number of hydrogen-bond acceptors (Lipinski definition) is 3. The van der Waals surface area contributed by atoms with Gasteiger partial charge in [0.15, 0.2) is 0 Å². The first-order valence-corrected chi connectivity index (χ1v) is 8.30. The lowest BCUT2D eigenvalue weighted by atomic mass is 9.96. The Labute approximate surface area is 141 Å². The van der Waals surface area contributed by atoms with Crippen molar-refractivity contribution in [3.63, 3.8) is 0 Å². The van der Waals surface area contributed by atoms with Gasteiger partial charge >= 0.3 is 5.97 Å². The van der Waals surface area contributed by atoms with E-state index in [1.54, 1.807) is 23.1 Å². The molecule has 1 aromatic rings. The Bertz CT molecular complexity index is 642. The SMILES string of the molecule is CC(=O)Nc1cccc(C(=O)N2CCCCC2CCC(=O)O)c1C. The van der Waals surface area contributed by atoms with E-state index in [0.29, 0.717) is 24.2 Å². The summed E-state index contributed by atoms with van der Waals surface area (Å²) in [7, 11) is 0. The molecule has 1 aliphatic heterocycles. The molecule has 2 rings (SSSR count). The van der Waals surface area contributed by atoms with Gasteiger partial charge in [-0.15, -0.1) is 0 Å². The van der Waals surface area contributed by atoms with E-state index in [2.05, 4.69) is 5.32 Å². The van der Waals surface area contributed by atoms with Gasteiger partial charge in [-0.3, -0.25) is 14.4 Å². The summed E-state index contributed by atoms with van der Waals surface area (Å²) in [5.74, 6) is -1.10. The maximum atomic E-state index is 13.0. The molecule has 0 spiro atoms. The number of amides is 2. The van der Waals surface area contributed by atoms with Crippen molar-refractivity contribution in [2.45, 2.75) is 52.0 Å². The lowest BCUT2D eigenvalue weighted by molar-refractivity contribution is -0.137.